The molecule has 0 saturated carbocycles. The van der Waals surface area contributed by atoms with Gasteiger partial charge in [0.1, 0.15) is 0 Å². The number of fused-ring (bicyclic) bond motifs is 1. The summed E-state index contributed by atoms with van der Waals surface area (Å²) >= 11 is 6.18. The Bertz CT molecular complexity index is 619. The molecular weight excluding hydrogens is 254 g/mol. The van der Waals surface area contributed by atoms with Crippen molar-refractivity contribution in [2.45, 2.75) is 32.7 Å². The fourth-order valence-corrected chi connectivity index (χ4v) is 3.00. The summed E-state index contributed by atoms with van der Waals surface area (Å²) in [5, 5.41) is 4.48. The Kier molecular flexibility index (Phi) is 3.24. The maximum atomic E-state index is 6.18. The number of anilines is 1. The van der Waals surface area contributed by atoms with Crippen molar-refractivity contribution in [2.75, 3.05) is 5.32 Å². The quantitative estimate of drug-likeness (QED) is 0.805. The number of nitrogens with one attached hydrogen (secondary N) is 1. The van der Waals surface area contributed by atoms with Gasteiger partial charge in [0.15, 0.2) is 0 Å². The number of halogens is 1. The van der Waals surface area contributed by atoms with E-state index in [-0.39, 0.29) is 0 Å². The van der Waals surface area contributed by atoms with E-state index in [9.17, 15) is 0 Å². The number of benzene rings is 2. The predicted molar refractivity (Wildman–Crippen MR) is 82.1 cm³/mol. The summed E-state index contributed by atoms with van der Waals surface area (Å²) in [6, 6.07) is 13.2. The van der Waals surface area contributed by atoms with E-state index in [1.165, 1.54) is 16.7 Å². The van der Waals surface area contributed by atoms with Crippen molar-refractivity contribution in [3.05, 3.63) is 63.7 Å². The highest BCUT2D eigenvalue weighted by Gasteiger charge is 2.22. The summed E-state index contributed by atoms with van der Waals surface area (Å²) in [5.74, 6) is 0. The first-order chi connectivity index (χ1) is 9.15. The van der Waals surface area contributed by atoms with Crippen LogP contribution in [0.15, 0.2) is 36.4 Å². The summed E-state index contributed by atoms with van der Waals surface area (Å²) in [6.07, 6.45) is 2.32. The molecule has 0 amide bonds. The topological polar surface area (TPSA) is 12.0 Å². The number of aryl methyl sites for hydroxylation is 2. The van der Waals surface area contributed by atoms with E-state index in [0.29, 0.717) is 6.04 Å². The average Bonchev–Trinajstić information content (AvgIpc) is 2.78. The van der Waals surface area contributed by atoms with Crippen LogP contribution in [0.3, 0.4) is 0 Å². The average molecular weight is 272 g/mol. The number of hydrogen-bond donors (Lipinski definition) is 1. The second-order valence-corrected chi connectivity index (χ2v) is 5.76. The smallest absolute Gasteiger partial charge is 0.0519 e. The van der Waals surface area contributed by atoms with Gasteiger partial charge in [0.05, 0.1) is 6.04 Å². The van der Waals surface area contributed by atoms with Gasteiger partial charge in [-0.25, -0.2) is 0 Å². The maximum absolute atomic E-state index is 6.18. The predicted octanol–water partition coefficient (Wildman–Crippen LogP) is 5.06. The number of hydrogen-bond acceptors (Lipinski definition) is 1. The minimum absolute atomic E-state index is 0.409. The van der Waals surface area contributed by atoms with E-state index in [1.54, 1.807) is 0 Å². The molecule has 1 unspecified atom stereocenters. The van der Waals surface area contributed by atoms with Crippen LogP contribution in [0, 0.1) is 13.8 Å². The molecule has 2 aromatic rings. The third-order valence-corrected chi connectivity index (χ3v) is 4.39. The third kappa shape index (κ3) is 2.35. The van der Waals surface area contributed by atoms with E-state index < -0.39 is 0 Å². The van der Waals surface area contributed by atoms with Crippen LogP contribution in [0.25, 0.3) is 0 Å². The third-order valence-electron chi connectivity index (χ3n) is 3.98. The molecule has 0 aliphatic heterocycles. The van der Waals surface area contributed by atoms with Crippen LogP contribution in [-0.2, 0) is 6.42 Å². The zero-order valence-corrected chi connectivity index (χ0v) is 12.1. The Labute approximate surface area is 119 Å². The van der Waals surface area contributed by atoms with Crippen LogP contribution in [0.4, 0.5) is 5.69 Å². The van der Waals surface area contributed by atoms with Crippen molar-refractivity contribution in [3.8, 4) is 0 Å². The fourth-order valence-electron chi connectivity index (χ4n) is 2.82. The lowest BCUT2D eigenvalue weighted by atomic mass is 10.0. The van der Waals surface area contributed by atoms with E-state index in [2.05, 4.69) is 43.4 Å². The molecular formula is C17H18ClN. The normalized spacial score (nSPS) is 17.3. The molecule has 0 fully saturated rings. The highest BCUT2D eigenvalue weighted by Crippen LogP contribution is 2.36. The zero-order chi connectivity index (χ0) is 13.4. The fraction of sp³-hybridized carbons (Fsp3) is 0.294. The minimum atomic E-state index is 0.409. The van der Waals surface area contributed by atoms with Gasteiger partial charge in [-0.2, -0.15) is 0 Å². The van der Waals surface area contributed by atoms with Gasteiger partial charge in [-0.15, -0.1) is 0 Å². The Morgan fingerprint density at radius 1 is 1.16 bits per heavy atom. The Balaban J connectivity index is 1.90. The van der Waals surface area contributed by atoms with E-state index in [4.69, 9.17) is 11.6 Å². The van der Waals surface area contributed by atoms with E-state index in [0.717, 1.165) is 29.1 Å². The lowest BCUT2D eigenvalue weighted by Crippen LogP contribution is -2.08. The molecule has 19 heavy (non-hydrogen) atoms. The van der Waals surface area contributed by atoms with Crippen molar-refractivity contribution in [2.24, 2.45) is 0 Å². The lowest BCUT2D eigenvalue weighted by molar-refractivity contribution is 0.761. The van der Waals surface area contributed by atoms with Gasteiger partial charge in [0, 0.05) is 10.7 Å². The molecule has 2 aromatic carbocycles. The van der Waals surface area contributed by atoms with Gasteiger partial charge < -0.3 is 5.32 Å². The monoisotopic (exact) mass is 271 g/mol. The molecule has 1 nitrogen and oxygen atoms in total. The van der Waals surface area contributed by atoms with Gasteiger partial charge in [0.2, 0.25) is 0 Å². The van der Waals surface area contributed by atoms with Crippen LogP contribution in [-0.4, -0.2) is 0 Å². The summed E-state index contributed by atoms with van der Waals surface area (Å²) in [4.78, 5) is 0. The molecule has 0 radical (unpaired) electrons. The van der Waals surface area contributed by atoms with Crippen LogP contribution in [0.5, 0.6) is 0 Å². The van der Waals surface area contributed by atoms with Crippen molar-refractivity contribution in [1.29, 1.82) is 0 Å². The second kappa shape index (κ2) is 4.90. The molecule has 0 aromatic heterocycles. The highest BCUT2D eigenvalue weighted by molar-refractivity contribution is 6.31. The Morgan fingerprint density at radius 2 is 2.00 bits per heavy atom. The summed E-state index contributed by atoms with van der Waals surface area (Å²) in [6.45, 7) is 4.22. The summed E-state index contributed by atoms with van der Waals surface area (Å²) < 4.78 is 0. The zero-order valence-electron chi connectivity index (χ0n) is 11.3. The van der Waals surface area contributed by atoms with Crippen molar-refractivity contribution < 1.29 is 0 Å². The molecule has 1 atom stereocenters. The largest absolute Gasteiger partial charge is 0.378 e. The van der Waals surface area contributed by atoms with Gasteiger partial charge in [-0.3, -0.25) is 0 Å². The molecule has 98 valence electrons. The van der Waals surface area contributed by atoms with Crippen molar-refractivity contribution in [1.82, 2.24) is 0 Å². The molecule has 1 aliphatic carbocycles. The summed E-state index contributed by atoms with van der Waals surface area (Å²) in [7, 11) is 0. The minimum Gasteiger partial charge on any atom is -0.378 e. The molecule has 3 rings (SSSR count). The van der Waals surface area contributed by atoms with Crippen LogP contribution in [0.1, 0.15) is 34.7 Å². The molecule has 0 spiro atoms. The van der Waals surface area contributed by atoms with Gasteiger partial charge in [0.25, 0.3) is 0 Å². The lowest BCUT2D eigenvalue weighted by Gasteiger charge is -2.18. The van der Waals surface area contributed by atoms with Gasteiger partial charge in [-0.1, -0.05) is 41.4 Å². The van der Waals surface area contributed by atoms with Crippen LogP contribution >= 0.6 is 11.6 Å². The molecule has 2 heteroatoms. The first kappa shape index (κ1) is 12.6. The first-order valence-electron chi connectivity index (χ1n) is 6.76. The molecule has 0 heterocycles. The van der Waals surface area contributed by atoms with Crippen LogP contribution in [0.2, 0.25) is 5.02 Å². The van der Waals surface area contributed by atoms with Crippen molar-refractivity contribution in [3.63, 3.8) is 0 Å². The Morgan fingerprint density at radius 3 is 2.84 bits per heavy atom. The molecule has 1 aliphatic rings. The van der Waals surface area contributed by atoms with Crippen molar-refractivity contribution >= 4 is 17.3 Å². The number of rotatable bonds is 2. The van der Waals surface area contributed by atoms with Gasteiger partial charge >= 0.3 is 0 Å². The SMILES string of the molecule is Cc1ccc2c(c1)C(Nc1cccc(Cl)c1C)CC2. The molecule has 0 saturated heterocycles. The van der Waals surface area contributed by atoms with E-state index in [1.807, 2.05) is 12.1 Å². The highest BCUT2D eigenvalue weighted by atomic mass is 35.5. The van der Waals surface area contributed by atoms with Crippen LogP contribution < -0.4 is 5.32 Å². The van der Waals surface area contributed by atoms with Gasteiger partial charge in [-0.05, 0) is 55.5 Å². The maximum Gasteiger partial charge on any atom is 0.0519 e. The standard InChI is InChI=1S/C17H18ClN/c1-11-6-7-13-8-9-17(14(13)10-11)19-16-5-3-4-15(18)12(16)2/h3-7,10,17,19H,8-9H2,1-2H3. The second-order valence-electron chi connectivity index (χ2n) is 5.35. The Hall–Kier alpha value is -1.47. The molecule has 1 N–H and O–H groups in total. The first-order valence-corrected chi connectivity index (χ1v) is 7.14. The van der Waals surface area contributed by atoms with E-state index >= 15 is 0 Å². The summed E-state index contributed by atoms with van der Waals surface area (Å²) in [5.41, 5.74) is 6.52. The molecule has 0 bridgehead atoms.